The Balaban J connectivity index is 1.66. The van der Waals surface area contributed by atoms with E-state index in [0.29, 0.717) is 19.5 Å². The minimum Gasteiger partial charge on any atom is -0.351 e. The molecule has 2 aromatic carbocycles. The van der Waals surface area contributed by atoms with E-state index in [-0.39, 0.29) is 11.6 Å². The van der Waals surface area contributed by atoms with Gasteiger partial charge in [0.2, 0.25) is 5.91 Å². The van der Waals surface area contributed by atoms with Crippen LogP contribution >= 0.6 is 0 Å². The summed E-state index contributed by atoms with van der Waals surface area (Å²) in [6.45, 7) is 2.78. The summed E-state index contributed by atoms with van der Waals surface area (Å²) in [7, 11) is 0. The van der Waals surface area contributed by atoms with Gasteiger partial charge in [-0.15, -0.1) is 0 Å². The molecule has 0 aliphatic rings. The number of benzene rings is 2. The van der Waals surface area contributed by atoms with Gasteiger partial charge in [0.05, 0.1) is 11.0 Å². The molecule has 1 amide bonds. The number of imidazole rings is 1. The Labute approximate surface area is 146 Å². The Hall–Kier alpha value is -3.08. The van der Waals surface area contributed by atoms with Crippen molar-refractivity contribution in [3.8, 4) is 0 Å². The first kappa shape index (κ1) is 16.8. The van der Waals surface area contributed by atoms with E-state index in [0.717, 1.165) is 22.2 Å². The maximum Gasteiger partial charge on any atom is 0.326 e. The molecule has 0 aliphatic heterocycles. The van der Waals surface area contributed by atoms with Gasteiger partial charge in [0, 0.05) is 18.7 Å². The number of H-pyrrole nitrogens is 1. The minimum absolute atomic E-state index is 0.0979. The smallest absolute Gasteiger partial charge is 0.326 e. The molecule has 3 rings (SSSR count). The number of rotatable bonds is 6. The summed E-state index contributed by atoms with van der Waals surface area (Å²) in [5.41, 5.74) is 3.21. The lowest BCUT2D eigenvalue weighted by atomic mass is 10.1. The van der Waals surface area contributed by atoms with Crippen LogP contribution in [0, 0.1) is 0 Å². The molecular formula is C20H21N3O2. The number of carbonyl (C=O) groups excluding carboxylic acids is 1. The molecule has 0 radical (unpaired) electrons. The van der Waals surface area contributed by atoms with Crippen molar-refractivity contribution in [1.82, 2.24) is 14.9 Å². The minimum atomic E-state index is -0.161. The van der Waals surface area contributed by atoms with E-state index in [1.54, 1.807) is 4.57 Å². The van der Waals surface area contributed by atoms with Gasteiger partial charge in [-0.1, -0.05) is 49.4 Å². The molecule has 0 fully saturated rings. The van der Waals surface area contributed by atoms with Crippen molar-refractivity contribution in [2.24, 2.45) is 0 Å². The van der Waals surface area contributed by atoms with E-state index in [4.69, 9.17) is 0 Å². The number of carbonyl (C=O) groups is 1. The number of hydrogen-bond donors (Lipinski definition) is 2. The van der Waals surface area contributed by atoms with Crippen LogP contribution in [0.2, 0.25) is 0 Å². The third-order valence-electron chi connectivity index (χ3n) is 4.12. The second kappa shape index (κ2) is 7.66. The fourth-order valence-corrected chi connectivity index (χ4v) is 2.80. The third kappa shape index (κ3) is 3.88. The molecule has 5 heteroatoms. The molecule has 5 nitrogen and oxygen atoms in total. The first-order valence-corrected chi connectivity index (χ1v) is 8.40. The highest BCUT2D eigenvalue weighted by atomic mass is 16.2. The van der Waals surface area contributed by atoms with E-state index < -0.39 is 0 Å². The molecule has 3 aromatic rings. The Morgan fingerprint density at radius 3 is 2.60 bits per heavy atom. The van der Waals surface area contributed by atoms with Gasteiger partial charge >= 0.3 is 5.69 Å². The number of nitrogens with one attached hydrogen (secondary N) is 2. The molecule has 0 atom stereocenters. The number of para-hydroxylation sites is 2. The van der Waals surface area contributed by atoms with E-state index in [1.165, 1.54) is 0 Å². The van der Waals surface area contributed by atoms with Crippen molar-refractivity contribution in [3.05, 3.63) is 76.2 Å². The third-order valence-corrected chi connectivity index (χ3v) is 4.12. The van der Waals surface area contributed by atoms with Gasteiger partial charge in [-0.2, -0.15) is 0 Å². The Morgan fingerprint density at radius 2 is 1.84 bits per heavy atom. The maximum absolute atomic E-state index is 12.4. The fraction of sp³-hybridized carbons (Fsp3) is 0.200. The second-order valence-electron chi connectivity index (χ2n) is 5.79. The number of hydrogen-bond acceptors (Lipinski definition) is 2. The van der Waals surface area contributed by atoms with Gasteiger partial charge in [-0.3, -0.25) is 9.36 Å². The number of aromatic amines is 1. The topological polar surface area (TPSA) is 66.9 Å². The monoisotopic (exact) mass is 335 g/mol. The van der Waals surface area contributed by atoms with E-state index >= 15 is 0 Å². The van der Waals surface area contributed by atoms with Crippen LogP contribution in [-0.4, -0.2) is 22.0 Å². The molecule has 128 valence electrons. The van der Waals surface area contributed by atoms with Crippen LogP contribution in [0.15, 0.2) is 65.0 Å². The first-order valence-electron chi connectivity index (χ1n) is 8.40. The zero-order valence-corrected chi connectivity index (χ0v) is 14.2. The number of nitrogens with zero attached hydrogens (tertiary/aromatic N) is 1. The summed E-state index contributed by atoms with van der Waals surface area (Å²) in [5.74, 6) is -0.0979. The largest absolute Gasteiger partial charge is 0.351 e. The van der Waals surface area contributed by atoms with Crippen LogP contribution in [-0.2, 0) is 11.3 Å². The summed E-state index contributed by atoms with van der Waals surface area (Å²) in [6.07, 6.45) is 2.54. The number of fused-ring (bicyclic) bond motifs is 1. The fourth-order valence-electron chi connectivity index (χ4n) is 2.80. The normalized spacial score (nSPS) is 11.6. The lowest BCUT2D eigenvalue weighted by molar-refractivity contribution is -0.117. The van der Waals surface area contributed by atoms with Gasteiger partial charge < -0.3 is 10.3 Å². The van der Waals surface area contributed by atoms with Crippen molar-refractivity contribution in [2.75, 3.05) is 6.54 Å². The van der Waals surface area contributed by atoms with Gasteiger partial charge in [0.15, 0.2) is 0 Å². The predicted molar refractivity (Wildman–Crippen MR) is 100 cm³/mol. The SMILES string of the molecule is CC/C(=C\c1ccccc1)C(=O)NCCn1c(=O)[nH]c2ccccc21. The molecule has 0 spiro atoms. The summed E-state index contributed by atoms with van der Waals surface area (Å²) in [4.78, 5) is 27.2. The summed E-state index contributed by atoms with van der Waals surface area (Å²) >= 11 is 0. The van der Waals surface area contributed by atoms with Gasteiger partial charge in [-0.05, 0) is 30.2 Å². The highest BCUT2D eigenvalue weighted by Crippen LogP contribution is 2.10. The second-order valence-corrected chi connectivity index (χ2v) is 5.79. The van der Waals surface area contributed by atoms with E-state index in [1.807, 2.05) is 67.6 Å². The molecule has 0 unspecified atom stereocenters. The van der Waals surface area contributed by atoms with Crippen LogP contribution in [0.3, 0.4) is 0 Å². The molecule has 0 saturated heterocycles. The van der Waals surface area contributed by atoms with Crippen LogP contribution < -0.4 is 11.0 Å². The van der Waals surface area contributed by atoms with Crippen molar-refractivity contribution < 1.29 is 4.79 Å². The maximum atomic E-state index is 12.4. The lowest BCUT2D eigenvalue weighted by Gasteiger charge is -2.08. The molecule has 0 aliphatic carbocycles. The molecule has 0 saturated carbocycles. The summed E-state index contributed by atoms with van der Waals surface area (Å²) in [6, 6.07) is 17.3. The van der Waals surface area contributed by atoms with Crippen LogP contribution in [0.4, 0.5) is 0 Å². The molecular weight excluding hydrogens is 314 g/mol. The average Bonchev–Trinajstić information content (AvgIpc) is 2.96. The zero-order valence-electron chi connectivity index (χ0n) is 14.2. The van der Waals surface area contributed by atoms with E-state index in [9.17, 15) is 9.59 Å². The van der Waals surface area contributed by atoms with Crippen LogP contribution in [0.25, 0.3) is 17.1 Å². The number of amides is 1. The Bertz CT molecular complexity index is 952. The highest BCUT2D eigenvalue weighted by Gasteiger charge is 2.09. The molecule has 1 heterocycles. The van der Waals surface area contributed by atoms with Crippen LogP contribution in [0.5, 0.6) is 0 Å². The highest BCUT2D eigenvalue weighted by molar-refractivity contribution is 5.97. The summed E-state index contributed by atoms with van der Waals surface area (Å²) in [5, 5.41) is 2.90. The number of aromatic nitrogens is 2. The van der Waals surface area contributed by atoms with Crippen molar-refractivity contribution in [1.29, 1.82) is 0 Å². The zero-order chi connectivity index (χ0) is 17.6. The molecule has 2 N–H and O–H groups in total. The predicted octanol–water partition coefficient (Wildman–Crippen LogP) is 2.94. The van der Waals surface area contributed by atoms with Crippen molar-refractivity contribution in [2.45, 2.75) is 19.9 Å². The van der Waals surface area contributed by atoms with Crippen molar-refractivity contribution in [3.63, 3.8) is 0 Å². The van der Waals surface area contributed by atoms with Gasteiger partial charge in [0.25, 0.3) is 0 Å². The molecule has 0 bridgehead atoms. The molecule has 1 aromatic heterocycles. The Morgan fingerprint density at radius 1 is 1.12 bits per heavy atom. The van der Waals surface area contributed by atoms with Gasteiger partial charge in [0.1, 0.15) is 0 Å². The lowest BCUT2D eigenvalue weighted by Crippen LogP contribution is -2.30. The standard InChI is InChI=1S/C20H21N3O2/c1-2-16(14-15-8-4-3-5-9-15)19(24)21-12-13-23-18-11-7-6-10-17(18)22-20(23)25/h3-11,14H,2,12-13H2,1H3,(H,21,24)(H,22,25)/b16-14+. The van der Waals surface area contributed by atoms with Gasteiger partial charge in [-0.25, -0.2) is 4.79 Å². The average molecular weight is 335 g/mol. The van der Waals surface area contributed by atoms with E-state index in [2.05, 4.69) is 10.3 Å². The first-order chi connectivity index (χ1) is 12.2. The quantitative estimate of drug-likeness (QED) is 0.680. The van der Waals surface area contributed by atoms with Crippen LogP contribution in [0.1, 0.15) is 18.9 Å². The Kier molecular flexibility index (Phi) is 5.14. The van der Waals surface area contributed by atoms with Crippen molar-refractivity contribution >= 4 is 23.0 Å². The molecule has 25 heavy (non-hydrogen) atoms. The summed E-state index contributed by atoms with van der Waals surface area (Å²) < 4.78 is 1.64.